The van der Waals surface area contributed by atoms with Gasteiger partial charge in [0.15, 0.2) is 5.82 Å². The van der Waals surface area contributed by atoms with Crippen molar-refractivity contribution in [2.24, 2.45) is 7.05 Å². The second-order valence-corrected chi connectivity index (χ2v) is 8.63. The van der Waals surface area contributed by atoms with Crippen LogP contribution in [0.2, 0.25) is 0 Å². The van der Waals surface area contributed by atoms with Crippen molar-refractivity contribution in [3.63, 3.8) is 0 Å². The first-order chi connectivity index (χ1) is 13.3. The van der Waals surface area contributed by atoms with Crippen molar-refractivity contribution in [2.75, 3.05) is 0 Å². The Kier molecular flexibility index (Phi) is 4.48. The fourth-order valence-electron chi connectivity index (χ4n) is 3.11. The van der Waals surface area contributed by atoms with Gasteiger partial charge in [-0.15, -0.1) is 11.3 Å². The number of thiazole rings is 1. The summed E-state index contributed by atoms with van der Waals surface area (Å²) in [6, 6.07) is 6.26. The van der Waals surface area contributed by atoms with Gasteiger partial charge in [-0.05, 0) is 29.7 Å². The summed E-state index contributed by atoms with van der Waals surface area (Å²) < 4.78 is 1.90. The molecule has 0 aliphatic heterocycles. The zero-order chi connectivity index (χ0) is 19.9. The van der Waals surface area contributed by atoms with Crippen LogP contribution in [-0.4, -0.2) is 24.5 Å². The van der Waals surface area contributed by atoms with E-state index in [-0.39, 0.29) is 5.41 Å². The predicted octanol–water partition coefficient (Wildman–Crippen LogP) is 4.49. The van der Waals surface area contributed by atoms with Crippen LogP contribution in [0.5, 0.6) is 0 Å². The summed E-state index contributed by atoms with van der Waals surface area (Å²) in [6.07, 6.45) is 3.71. The number of hydrogen-bond acceptors (Lipinski definition) is 5. The van der Waals surface area contributed by atoms with Crippen molar-refractivity contribution < 1.29 is 0 Å². The average molecular weight is 388 g/mol. The van der Waals surface area contributed by atoms with Gasteiger partial charge in [0, 0.05) is 35.9 Å². The second kappa shape index (κ2) is 6.84. The van der Waals surface area contributed by atoms with Gasteiger partial charge in [-0.25, -0.2) is 19.9 Å². The van der Waals surface area contributed by atoms with Crippen molar-refractivity contribution in [3.8, 4) is 22.5 Å². The van der Waals surface area contributed by atoms with Gasteiger partial charge in [0.1, 0.15) is 10.7 Å². The molecular formula is C22H21N5S. The summed E-state index contributed by atoms with van der Waals surface area (Å²) in [5, 5.41) is 3.89. The van der Waals surface area contributed by atoms with E-state index in [9.17, 15) is 0 Å². The topological polar surface area (TPSA) is 56.5 Å². The van der Waals surface area contributed by atoms with E-state index in [0.717, 1.165) is 27.3 Å². The van der Waals surface area contributed by atoms with Crippen molar-refractivity contribution in [1.29, 1.82) is 0 Å². The van der Waals surface area contributed by atoms with Gasteiger partial charge in [-0.3, -0.25) is 0 Å². The number of aromatic nitrogens is 5. The Bertz CT molecular complexity index is 1220. The lowest BCUT2D eigenvalue weighted by Crippen LogP contribution is -2.13. The van der Waals surface area contributed by atoms with Crippen LogP contribution in [0.3, 0.4) is 0 Å². The molecular weight excluding hydrogens is 366 g/mol. The molecule has 0 fully saturated rings. The van der Waals surface area contributed by atoms with Crippen molar-refractivity contribution in [1.82, 2.24) is 24.5 Å². The van der Waals surface area contributed by atoms with E-state index in [1.54, 1.807) is 17.5 Å². The number of fused-ring (bicyclic) bond motifs is 1. The lowest BCUT2D eigenvalue weighted by molar-refractivity contribution is 0.594. The molecule has 6 heteroatoms. The molecule has 0 unspecified atom stereocenters. The molecule has 0 radical (unpaired) electrons. The average Bonchev–Trinajstić information content (AvgIpc) is 3.28. The number of aryl methyl sites for hydroxylation is 2. The molecule has 0 spiro atoms. The molecule has 0 amide bonds. The summed E-state index contributed by atoms with van der Waals surface area (Å²) in [6.45, 7) is 8.58. The molecule has 0 aliphatic rings. The number of imidazole rings is 1. The number of benzene rings is 1. The molecule has 0 N–H and O–H groups in total. The van der Waals surface area contributed by atoms with Gasteiger partial charge in [-0.2, -0.15) is 0 Å². The van der Waals surface area contributed by atoms with Crippen LogP contribution in [-0.2, 0) is 12.5 Å². The Labute approximate surface area is 168 Å². The van der Waals surface area contributed by atoms with Gasteiger partial charge in [-0.1, -0.05) is 39.0 Å². The molecule has 0 aliphatic carbocycles. The molecule has 0 saturated heterocycles. The fraction of sp³-hybridized carbons (Fsp3) is 0.273. The van der Waals surface area contributed by atoms with Crippen LogP contribution < -0.4 is 0 Å². The Morgan fingerprint density at radius 3 is 2.61 bits per heavy atom. The van der Waals surface area contributed by atoms with Gasteiger partial charge in [0.2, 0.25) is 5.82 Å². The summed E-state index contributed by atoms with van der Waals surface area (Å²) >= 11 is 1.56. The molecule has 0 bridgehead atoms. The molecule has 3 aromatic heterocycles. The Morgan fingerprint density at radius 1 is 1.07 bits per heavy atom. The summed E-state index contributed by atoms with van der Waals surface area (Å²) in [4.78, 5) is 18.3. The number of hydrogen-bond donors (Lipinski definition) is 0. The Hall–Kier alpha value is -3.04. The second-order valence-electron chi connectivity index (χ2n) is 7.73. The quantitative estimate of drug-likeness (QED) is 0.452. The van der Waals surface area contributed by atoms with Crippen LogP contribution in [0.1, 0.15) is 43.7 Å². The maximum absolute atomic E-state index is 4.77. The minimum Gasteiger partial charge on any atom is -0.327 e. The van der Waals surface area contributed by atoms with Gasteiger partial charge in [0.05, 0.1) is 5.52 Å². The van der Waals surface area contributed by atoms with E-state index < -0.39 is 0 Å². The van der Waals surface area contributed by atoms with E-state index in [1.807, 2.05) is 30.1 Å². The fourth-order valence-corrected chi connectivity index (χ4v) is 3.71. The van der Waals surface area contributed by atoms with Crippen LogP contribution in [0.15, 0.2) is 36.0 Å². The van der Waals surface area contributed by atoms with Gasteiger partial charge in [0.25, 0.3) is 0 Å². The molecule has 1 aromatic carbocycles. The SMILES string of the molecule is Cc1nc(C#Cc2nc(-c3nccs3)cn2C)nc2c(C(C)(C)C)cccc12. The monoisotopic (exact) mass is 387 g/mol. The largest absolute Gasteiger partial charge is 0.327 e. The predicted molar refractivity (Wildman–Crippen MR) is 113 cm³/mol. The molecule has 3 heterocycles. The third-order valence-electron chi connectivity index (χ3n) is 4.54. The highest BCUT2D eigenvalue weighted by molar-refractivity contribution is 7.13. The van der Waals surface area contributed by atoms with Crippen LogP contribution in [0.4, 0.5) is 0 Å². The third kappa shape index (κ3) is 3.41. The summed E-state index contributed by atoms with van der Waals surface area (Å²) in [5.41, 5.74) is 3.92. The van der Waals surface area contributed by atoms with Gasteiger partial charge < -0.3 is 4.57 Å². The van der Waals surface area contributed by atoms with Crippen molar-refractivity contribution >= 4 is 22.2 Å². The van der Waals surface area contributed by atoms with E-state index >= 15 is 0 Å². The highest BCUT2D eigenvalue weighted by Gasteiger charge is 2.19. The van der Waals surface area contributed by atoms with Crippen molar-refractivity contribution in [2.45, 2.75) is 33.1 Å². The van der Waals surface area contributed by atoms with Gasteiger partial charge >= 0.3 is 0 Å². The van der Waals surface area contributed by atoms with Crippen LogP contribution in [0, 0.1) is 18.8 Å². The van der Waals surface area contributed by atoms with E-state index in [4.69, 9.17) is 4.98 Å². The Morgan fingerprint density at radius 2 is 1.89 bits per heavy atom. The number of rotatable bonds is 1. The molecule has 28 heavy (non-hydrogen) atoms. The summed E-state index contributed by atoms with van der Waals surface area (Å²) in [7, 11) is 1.93. The molecule has 5 nitrogen and oxygen atoms in total. The zero-order valence-corrected chi connectivity index (χ0v) is 17.4. The first-order valence-corrected chi connectivity index (χ1v) is 9.94. The minimum atomic E-state index is -0.00666. The number of para-hydroxylation sites is 1. The van der Waals surface area contributed by atoms with E-state index in [2.05, 4.69) is 65.8 Å². The third-order valence-corrected chi connectivity index (χ3v) is 5.33. The summed E-state index contributed by atoms with van der Waals surface area (Å²) in [5.74, 6) is 7.39. The van der Waals surface area contributed by atoms with E-state index in [0.29, 0.717) is 11.6 Å². The zero-order valence-electron chi connectivity index (χ0n) is 16.6. The molecule has 0 saturated carbocycles. The highest BCUT2D eigenvalue weighted by atomic mass is 32.1. The molecule has 4 aromatic rings. The minimum absolute atomic E-state index is 0.00666. The lowest BCUT2D eigenvalue weighted by atomic mass is 9.85. The smallest absolute Gasteiger partial charge is 0.206 e. The van der Waals surface area contributed by atoms with E-state index in [1.165, 1.54) is 5.56 Å². The van der Waals surface area contributed by atoms with Crippen LogP contribution in [0.25, 0.3) is 21.6 Å². The van der Waals surface area contributed by atoms with Crippen molar-refractivity contribution in [3.05, 3.63) is 58.9 Å². The maximum atomic E-state index is 4.77. The first-order valence-electron chi connectivity index (χ1n) is 9.06. The highest BCUT2D eigenvalue weighted by Crippen LogP contribution is 2.29. The first kappa shape index (κ1) is 18.3. The Balaban J connectivity index is 1.78. The lowest BCUT2D eigenvalue weighted by Gasteiger charge is -2.20. The molecule has 4 rings (SSSR count). The van der Waals surface area contributed by atoms with Crippen LogP contribution >= 0.6 is 11.3 Å². The molecule has 0 atom stereocenters. The molecule has 140 valence electrons. The standard InChI is InChI=1S/C22H21N5S/c1-14-15-7-6-8-16(22(2,3)4)20(15)26-18(24-14)9-10-19-25-17(13-27(19)5)21-23-11-12-28-21/h6-8,11-13H,1-5H3. The normalized spacial score (nSPS) is 11.5. The maximum Gasteiger partial charge on any atom is 0.206 e. The number of nitrogens with zero attached hydrogens (tertiary/aromatic N) is 5.